The quantitative estimate of drug-likeness (QED) is 0.249. The number of carboxylic acids is 1. The van der Waals surface area contributed by atoms with Crippen LogP contribution in [0.1, 0.15) is 75.8 Å². The number of aromatic nitrogens is 1. The van der Waals surface area contributed by atoms with E-state index in [1.807, 2.05) is 42.2 Å². The number of aryl methyl sites for hydroxylation is 2. The molecule has 3 aromatic rings. The van der Waals surface area contributed by atoms with Crippen LogP contribution in [0.5, 0.6) is 5.75 Å². The number of methoxy groups -OCH3 is 1. The molecule has 0 spiro atoms. The molecule has 1 unspecified atom stereocenters. The van der Waals surface area contributed by atoms with Gasteiger partial charge in [0, 0.05) is 29.8 Å². The van der Waals surface area contributed by atoms with E-state index in [1.54, 1.807) is 6.07 Å². The molecule has 0 saturated heterocycles. The van der Waals surface area contributed by atoms with Crippen LogP contribution in [0, 0.1) is 0 Å². The SMILES string of the molecule is CCN1C(=O)C(CCCc2ccc(C(C)(C)C)cc2)N=C1CCCc1cccc(-c2ccc(OC)c(CC(=O)O)c2)n1. The number of rotatable bonds is 13. The number of pyridine rings is 1. The maximum Gasteiger partial charge on any atom is 0.307 e. The third kappa shape index (κ3) is 7.84. The molecular formula is C35H43N3O4. The van der Waals surface area contributed by atoms with Crippen LogP contribution in [-0.4, -0.2) is 52.4 Å². The van der Waals surface area contributed by atoms with Gasteiger partial charge in [-0.15, -0.1) is 0 Å². The summed E-state index contributed by atoms with van der Waals surface area (Å²) in [6.45, 7) is 9.30. The Morgan fingerprint density at radius 2 is 1.76 bits per heavy atom. The van der Waals surface area contributed by atoms with Gasteiger partial charge >= 0.3 is 5.97 Å². The predicted molar refractivity (Wildman–Crippen MR) is 167 cm³/mol. The van der Waals surface area contributed by atoms with Crippen molar-refractivity contribution < 1.29 is 19.4 Å². The first-order chi connectivity index (χ1) is 20.1. The fourth-order valence-corrected chi connectivity index (χ4v) is 5.45. The van der Waals surface area contributed by atoms with E-state index in [2.05, 4.69) is 45.0 Å². The molecule has 1 aromatic heterocycles. The zero-order chi connectivity index (χ0) is 30.3. The van der Waals surface area contributed by atoms with E-state index in [4.69, 9.17) is 14.7 Å². The topological polar surface area (TPSA) is 92.1 Å². The molecular weight excluding hydrogens is 526 g/mol. The minimum absolute atomic E-state index is 0.114. The Morgan fingerprint density at radius 3 is 2.43 bits per heavy atom. The van der Waals surface area contributed by atoms with Crippen molar-refractivity contribution in [3.05, 3.63) is 83.0 Å². The average Bonchev–Trinajstić information content (AvgIpc) is 3.26. The molecule has 2 aromatic carbocycles. The van der Waals surface area contributed by atoms with Gasteiger partial charge in [0.05, 0.1) is 19.2 Å². The van der Waals surface area contributed by atoms with E-state index in [0.29, 0.717) is 17.9 Å². The van der Waals surface area contributed by atoms with E-state index < -0.39 is 5.97 Å². The van der Waals surface area contributed by atoms with Crippen LogP contribution in [0.2, 0.25) is 0 Å². The summed E-state index contributed by atoms with van der Waals surface area (Å²) >= 11 is 0. The second-order valence-electron chi connectivity index (χ2n) is 11.9. The van der Waals surface area contributed by atoms with Crippen LogP contribution in [0.25, 0.3) is 11.3 Å². The number of carbonyl (C=O) groups is 2. The van der Waals surface area contributed by atoms with Crippen LogP contribution in [0.15, 0.2) is 65.7 Å². The summed E-state index contributed by atoms with van der Waals surface area (Å²) in [6, 6.07) is 20.0. The Bertz CT molecular complexity index is 1420. The van der Waals surface area contributed by atoms with Crippen molar-refractivity contribution in [2.24, 2.45) is 4.99 Å². The van der Waals surface area contributed by atoms with Gasteiger partial charge in [-0.05, 0) is 85.9 Å². The number of aliphatic imine (C=N–C) groups is 1. The average molecular weight is 570 g/mol. The van der Waals surface area contributed by atoms with Crippen LogP contribution in [-0.2, 0) is 34.3 Å². The van der Waals surface area contributed by atoms with Crippen molar-refractivity contribution in [3.8, 4) is 17.0 Å². The third-order valence-corrected chi connectivity index (χ3v) is 7.80. The highest BCUT2D eigenvalue weighted by atomic mass is 16.5. The molecule has 2 heterocycles. The minimum atomic E-state index is -0.908. The maximum absolute atomic E-state index is 13.1. The van der Waals surface area contributed by atoms with Gasteiger partial charge in [-0.25, -0.2) is 0 Å². The van der Waals surface area contributed by atoms with Gasteiger partial charge in [0.1, 0.15) is 17.6 Å². The summed E-state index contributed by atoms with van der Waals surface area (Å²) in [4.78, 5) is 35.9. The highest BCUT2D eigenvalue weighted by molar-refractivity contribution is 6.05. The van der Waals surface area contributed by atoms with Crippen molar-refractivity contribution in [2.45, 2.75) is 84.1 Å². The Hall–Kier alpha value is -4.00. The molecule has 4 rings (SSSR count). The number of hydrogen-bond acceptors (Lipinski definition) is 5. The second-order valence-corrected chi connectivity index (χ2v) is 11.9. The molecule has 0 radical (unpaired) electrons. The number of carboxylic acid groups (broad SMARTS) is 1. The third-order valence-electron chi connectivity index (χ3n) is 7.80. The largest absolute Gasteiger partial charge is 0.496 e. The van der Waals surface area contributed by atoms with E-state index in [-0.39, 0.29) is 23.8 Å². The summed E-state index contributed by atoms with van der Waals surface area (Å²) in [5.41, 5.74) is 5.98. The molecule has 7 nitrogen and oxygen atoms in total. The van der Waals surface area contributed by atoms with Crippen molar-refractivity contribution in [1.29, 1.82) is 0 Å². The fraction of sp³-hybridized carbons (Fsp3) is 0.429. The van der Waals surface area contributed by atoms with Crippen LogP contribution in [0.3, 0.4) is 0 Å². The smallest absolute Gasteiger partial charge is 0.307 e. The van der Waals surface area contributed by atoms with Crippen molar-refractivity contribution in [2.75, 3.05) is 13.7 Å². The molecule has 0 bridgehead atoms. The summed E-state index contributed by atoms with van der Waals surface area (Å²) < 4.78 is 5.33. The monoisotopic (exact) mass is 569 g/mol. The highest BCUT2D eigenvalue weighted by Crippen LogP contribution is 2.27. The molecule has 1 aliphatic heterocycles. The van der Waals surface area contributed by atoms with E-state index in [9.17, 15) is 14.7 Å². The predicted octanol–water partition coefficient (Wildman–Crippen LogP) is 6.66. The standard InChI is InChI=1S/C35H43N3O4/c1-6-38-32(37-30(34(38)41)14-7-10-24-16-19-27(20-17-24)35(2,3)4)15-9-12-28-11-8-13-29(36-28)25-18-21-31(42-5)26(22-25)23-33(39)40/h8,11,13,16-22,30H,6-7,9-10,12,14-15,23H2,1-5H3,(H,39,40). The maximum atomic E-state index is 13.1. The molecule has 0 saturated carbocycles. The van der Waals surface area contributed by atoms with Gasteiger partial charge in [-0.3, -0.25) is 24.5 Å². The minimum Gasteiger partial charge on any atom is -0.496 e. The Labute approximate surface area is 249 Å². The Kier molecular flexibility index (Phi) is 10.2. The van der Waals surface area contributed by atoms with Gasteiger partial charge in [-0.2, -0.15) is 0 Å². The number of carbonyl (C=O) groups excluding carboxylic acids is 1. The molecule has 42 heavy (non-hydrogen) atoms. The van der Waals surface area contributed by atoms with Crippen LogP contribution < -0.4 is 4.74 Å². The molecule has 0 aliphatic carbocycles. The lowest BCUT2D eigenvalue weighted by molar-refractivity contribution is -0.136. The van der Waals surface area contributed by atoms with Crippen molar-refractivity contribution in [1.82, 2.24) is 9.88 Å². The second kappa shape index (κ2) is 13.8. The van der Waals surface area contributed by atoms with Gasteiger partial charge in [0.2, 0.25) is 0 Å². The first kappa shape index (κ1) is 30.9. The van der Waals surface area contributed by atoms with E-state index >= 15 is 0 Å². The first-order valence-electron chi connectivity index (χ1n) is 14.9. The number of hydrogen-bond donors (Lipinski definition) is 1. The van der Waals surface area contributed by atoms with Gasteiger partial charge in [0.15, 0.2) is 0 Å². The lowest BCUT2D eigenvalue weighted by Crippen LogP contribution is -2.35. The molecule has 1 N–H and O–H groups in total. The molecule has 1 atom stereocenters. The van der Waals surface area contributed by atoms with Crippen molar-refractivity contribution in [3.63, 3.8) is 0 Å². The summed E-state index contributed by atoms with van der Waals surface area (Å²) in [6.07, 6.45) is 4.83. The molecule has 0 fully saturated rings. The number of nitrogens with zero attached hydrogens (tertiary/aromatic N) is 3. The summed E-state index contributed by atoms with van der Waals surface area (Å²) in [7, 11) is 1.54. The normalized spacial score (nSPS) is 15.2. The van der Waals surface area contributed by atoms with Crippen molar-refractivity contribution >= 4 is 17.7 Å². The molecule has 1 amide bonds. The lowest BCUT2D eigenvalue weighted by atomic mass is 9.86. The number of aliphatic carboxylic acids is 1. The van der Waals surface area contributed by atoms with Crippen LogP contribution in [0.4, 0.5) is 0 Å². The number of amidine groups is 1. The Morgan fingerprint density at radius 1 is 1.00 bits per heavy atom. The highest BCUT2D eigenvalue weighted by Gasteiger charge is 2.32. The van der Waals surface area contributed by atoms with E-state index in [0.717, 1.165) is 61.3 Å². The lowest BCUT2D eigenvalue weighted by Gasteiger charge is -2.19. The fourth-order valence-electron chi connectivity index (χ4n) is 5.45. The number of ether oxygens (including phenoxy) is 1. The number of amides is 1. The summed E-state index contributed by atoms with van der Waals surface area (Å²) in [5, 5.41) is 9.26. The van der Waals surface area contributed by atoms with Gasteiger partial charge < -0.3 is 9.84 Å². The number of likely N-dealkylation sites (N-methyl/N-ethyl adjacent to an activating group) is 1. The number of benzene rings is 2. The Balaban J connectivity index is 1.33. The van der Waals surface area contributed by atoms with E-state index in [1.165, 1.54) is 18.2 Å². The zero-order valence-corrected chi connectivity index (χ0v) is 25.5. The molecule has 1 aliphatic rings. The molecule has 7 heteroatoms. The first-order valence-corrected chi connectivity index (χ1v) is 14.9. The zero-order valence-electron chi connectivity index (χ0n) is 25.5. The summed E-state index contributed by atoms with van der Waals surface area (Å²) in [5.74, 6) is 0.645. The van der Waals surface area contributed by atoms with Gasteiger partial charge in [0.25, 0.3) is 5.91 Å². The van der Waals surface area contributed by atoms with Gasteiger partial charge in [-0.1, -0.05) is 51.1 Å². The molecule has 222 valence electrons. The van der Waals surface area contributed by atoms with Crippen LogP contribution >= 0.6 is 0 Å².